The van der Waals surface area contributed by atoms with Crippen molar-refractivity contribution >= 4 is 27.5 Å². The van der Waals surface area contributed by atoms with Gasteiger partial charge in [0.1, 0.15) is 5.82 Å². The lowest BCUT2D eigenvalue weighted by Gasteiger charge is -2.32. The summed E-state index contributed by atoms with van der Waals surface area (Å²) < 4.78 is 38.9. The van der Waals surface area contributed by atoms with Crippen LogP contribution < -0.4 is 5.32 Å². The van der Waals surface area contributed by atoms with Crippen LogP contribution in [-0.4, -0.2) is 81.2 Å². The third-order valence-corrected chi connectivity index (χ3v) is 6.91. The maximum absolute atomic E-state index is 13.0. The minimum absolute atomic E-state index is 0.0592. The molecule has 1 heterocycles. The molecule has 0 aromatic heterocycles. The Morgan fingerprint density at radius 1 is 1.00 bits per heavy atom. The first-order valence-electron chi connectivity index (χ1n) is 9.76. The summed E-state index contributed by atoms with van der Waals surface area (Å²) in [5.41, 5.74) is 0.978. The molecule has 0 atom stereocenters. The molecule has 1 N–H and O–H groups in total. The van der Waals surface area contributed by atoms with Crippen molar-refractivity contribution in [2.45, 2.75) is 4.90 Å². The van der Waals surface area contributed by atoms with E-state index < -0.39 is 28.3 Å². The first-order valence-corrected chi connectivity index (χ1v) is 11.2. The quantitative estimate of drug-likeness (QED) is 0.723. The molecule has 166 valence electrons. The first-order chi connectivity index (χ1) is 14.7. The summed E-state index contributed by atoms with van der Waals surface area (Å²) in [6.45, 7) is 2.58. The normalized spacial score (nSPS) is 15.2. The number of hydrogen-bond donors (Lipinski definition) is 1. The number of nitrogens with zero attached hydrogens (tertiary/aromatic N) is 3. The minimum atomic E-state index is -3.93. The Balaban J connectivity index is 1.58. The molecule has 10 heteroatoms. The molecule has 2 amide bonds. The molecule has 1 fully saturated rings. The second-order valence-corrected chi connectivity index (χ2v) is 9.48. The Morgan fingerprint density at radius 2 is 1.58 bits per heavy atom. The second kappa shape index (κ2) is 9.54. The van der Waals surface area contributed by atoms with Gasteiger partial charge in [0.15, 0.2) is 0 Å². The number of nitrogens with one attached hydrogen (secondary N) is 1. The van der Waals surface area contributed by atoms with Crippen molar-refractivity contribution in [2.75, 3.05) is 52.1 Å². The van der Waals surface area contributed by atoms with Gasteiger partial charge in [-0.05, 0) is 55.6 Å². The number of anilines is 1. The van der Waals surface area contributed by atoms with Crippen molar-refractivity contribution in [1.29, 1.82) is 0 Å². The average molecular weight is 449 g/mol. The molecular formula is C21H25FN4O4S. The zero-order valence-electron chi connectivity index (χ0n) is 17.4. The lowest BCUT2D eigenvalue weighted by Crippen LogP contribution is -2.47. The van der Waals surface area contributed by atoms with Crippen LogP contribution in [0.25, 0.3) is 0 Å². The molecule has 0 saturated carbocycles. The first kappa shape index (κ1) is 22.9. The van der Waals surface area contributed by atoms with Crippen LogP contribution in [0.3, 0.4) is 0 Å². The number of piperazine rings is 1. The van der Waals surface area contributed by atoms with Gasteiger partial charge in [-0.15, -0.1) is 0 Å². The van der Waals surface area contributed by atoms with Crippen molar-refractivity contribution in [1.82, 2.24) is 14.1 Å². The predicted molar refractivity (Wildman–Crippen MR) is 115 cm³/mol. The third kappa shape index (κ3) is 5.66. The number of carbonyl (C=O) groups excluding carboxylic acids is 2. The maximum atomic E-state index is 13.0. The summed E-state index contributed by atoms with van der Waals surface area (Å²) >= 11 is 0. The van der Waals surface area contributed by atoms with E-state index in [0.29, 0.717) is 24.3 Å². The maximum Gasteiger partial charge on any atom is 0.253 e. The zero-order chi connectivity index (χ0) is 22.6. The summed E-state index contributed by atoms with van der Waals surface area (Å²) in [6, 6.07) is 10.9. The molecule has 1 aliphatic rings. The van der Waals surface area contributed by atoms with Gasteiger partial charge in [-0.25, -0.2) is 12.8 Å². The van der Waals surface area contributed by atoms with Gasteiger partial charge in [0.2, 0.25) is 15.9 Å². The fraction of sp³-hybridized carbons (Fsp3) is 0.333. The van der Waals surface area contributed by atoms with E-state index in [1.54, 1.807) is 29.2 Å². The highest BCUT2D eigenvalue weighted by Crippen LogP contribution is 2.16. The number of rotatable bonds is 6. The van der Waals surface area contributed by atoms with Crippen LogP contribution in [0.5, 0.6) is 0 Å². The fourth-order valence-electron chi connectivity index (χ4n) is 3.16. The number of hydrogen-bond acceptors (Lipinski definition) is 5. The molecule has 0 bridgehead atoms. The molecule has 0 unspecified atom stereocenters. The summed E-state index contributed by atoms with van der Waals surface area (Å²) in [5.74, 6) is -1.14. The molecule has 1 aliphatic heterocycles. The van der Waals surface area contributed by atoms with Crippen LogP contribution in [0.4, 0.5) is 10.1 Å². The average Bonchev–Trinajstić information content (AvgIpc) is 2.74. The monoisotopic (exact) mass is 448 g/mol. The van der Waals surface area contributed by atoms with Gasteiger partial charge in [-0.2, -0.15) is 4.31 Å². The molecular weight excluding hydrogens is 423 g/mol. The molecule has 2 aromatic rings. The Kier molecular flexibility index (Phi) is 7.04. The molecule has 0 spiro atoms. The van der Waals surface area contributed by atoms with E-state index in [4.69, 9.17) is 0 Å². The topological polar surface area (TPSA) is 90.0 Å². The van der Waals surface area contributed by atoms with Crippen molar-refractivity contribution < 1.29 is 22.4 Å². The van der Waals surface area contributed by atoms with Gasteiger partial charge in [0.05, 0.1) is 11.4 Å². The highest BCUT2D eigenvalue weighted by atomic mass is 32.2. The van der Waals surface area contributed by atoms with Gasteiger partial charge in [0, 0.05) is 44.5 Å². The molecule has 8 nitrogen and oxygen atoms in total. The van der Waals surface area contributed by atoms with Gasteiger partial charge in [-0.1, -0.05) is 0 Å². The van der Waals surface area contributed by atoms with Gasteiger partial charge >= 0.3 is 0 Å². The van der Waals surface area contributed by atoms with E-state index in [-0.39, 0.29) is 10.8 Å². The van der Waals surface area contributed by atoms with Crippen molar-refractivity contribution in [3.8, 4) is 0 Å². The number of sulfonamides is 1. The Hall–Kier alpha value is -2.82. The SMILES string of the molecule is CN1CCN(C(=O)c2ccc(NC(=O)CN(C)S(=O)(=O)c3ccc(F)cc3)cc2)CC1. The predicted octanol–water partition coefficient (Wildman–Crippen LogP) is 1.47. The van der Waals surface area contributed by atoms with Gasteiger partial charge < -0.3 is 15.1 Å². The highest BCUT2D eigenvalue weighted by Gasteiger charge is 2.23. The number of amides is 2. The smallest absolute Gasteiger partial charge is 0.253 e. The van der Waals surface area contributed by atoms with Crippen LogP contribution in [-0.2, 0) is 14.8 Å². The summed E-state index contributed by atoms with van der Waals surface area (Å²) in [4.78, 5) is 28.7. The van der Waals surface area contributed by atoms with E-state index in [9.17, 15) is 22.4 Å². The van der Waals surface area contributed by atoms with Crippen LogP contribution in [0.2, 0.25) is 0 Å². The standard InChI is InChI=1S/C21H25FN4O4S/c1-24-11-13-26(14-12-24)21(28)16-3-7-18(8-4-16)23-20(27)15-25(2)31(29,30)19-9-5-17(22)6-10-19/h3-10H,11-15H2,1-2H3,(H,23,27). The molecule has 0 radical (unpaired) electrons. The van der Waals surface area contributed by atoms with E-state index in [1.165, 1.54) is 7.05 Å². The summed E-state index contributed by atoms with van der Waals surface area (Å²) in [6.07, 6.45) is 0. The third-order valence-electron chi connectivity index (χ3n) is 5.09. The van der Waals surface area contributed by atoms with Crippen LogP contribution in [0.1, 0.15) is 10.4 Å². The van der Waals surface area contributed by atoms with E-state index in [1.807, 2.05) is 7.05 Å². The molecule has 31 heavy (non-hydrogen) atoms. The summed E-state index contributed by atoms with van der Waals surface area (Å²) in [5, 5.41) is 2.62. The Labute approximate surface area is 181 Å². The zero-order valence-corrected chi connectivity index (χ0v) is 18.2. The van der Waals surface area contributed by atoms with Gasteiger partial charge in [-0.3, -0.25) is 9.59 Å². The second-order valence-electron chi connectivity index (χ2n) is 7.44. The largest absolute Gasteiger partial charge is 0.336 e. The molecule has 1 saturated heterocycles. The molecule has 2 aromatic carbocycles. The van der Waals surface area contributed by atoms with Crippen molar-refractivity contribution in [2.24, 2.45) is 0 Å². The number of benzene rings is 2. The summed E-state index contributed by atoms with van der Waals surface area (Å²) in [7, 11) is -0.636. The number of carbonyl (C=O) groups is 2. The Bertz CT molecular complexity index is 1030. The number of likely N-dealkylation sites (N-methyl/N-ethyl adjacent to an activating group) is 2. The van der Waals surface area contributed by atoms with Crippen molar-refractivity contribution in [3.63, 3.8) is 0 Å². The van der Waals surface area contributed by atoms with Gasteiger partial charge in [0.25, 0.3) is 5.91 Å². The van der Waals surface area contributed by atoms with Crippen LogP contribution in [0, 0.1) is 5.82 Å². The van der Waals surface area contributed by atoms with Crippen LogP contribution in [0.15, 0.2) is 53.4 Å². The lowest BCUT2D eigenvalue weighted by molar-refractivity contribution is -0.116. The van der Waals surface area contributed by atoms with Crippen LogP contribution >= 0.6 is 0 Å². The van der Waals surface area contributed by atoms with E-state index in [0.717, 1.165) is 41.7 Å². The molecule has 3 rings (SSSR count). The van der Waals surface area contributed by atoms with Crippen molar-refractivity contribution in [3.05, 3.63) is 59.9 Å². The Morgan fingerprint density at radius 3 is 2.16 bits per heavy atom. The number of halogens is 1. The highest BCUT2D eigenvalue weighted by molar-refractivity contribution is 7.89. The van der Waals surface area contributed by atoms with E-state index >= 15 is 0 Å². The fourth-order valence-corrected chi connectivity index (χ4v) is 4.29. The van der Waals surface area contributed by atoms with E-state index in [2.05, 4.69) is 10.2 Å². The minimum Gasteiger partial charge on any atom is -0.336 e. The molecule has 0 aliphatic carbocycles. The lowest BCUT2D eigenvalue weighted by atomic mass is 10.1.